The van der Waals surface area contributed by atoms with E-state index in [0.29, 0.717) is 28.6 Å². The third kappa shape index (κ3) is 4.95. The monoisotopic (exact) mass is 390 g/mol. The molecule has 0 spiro atoms. The van der Waals surface area contributed by atoms with Gasteiger partial charge in [-0.15, -0.1) is 0 Å². The molecule has 0 bridgehead atoms. The number of benzene rings is 2. The molecule has 0 radical (unpaired) electrons. The number of rotatable bonds is 6. The van der Waals surface area contributed by atoms with E-state index < -0.39 is 0 Å². The molecule has 7 nitrogen and oxygen atoms in total. The molecular formula is C22H22N4O3. The lowest BCUT2D eigenvalue weighted by molar-refractivity contribution is 0.101. The van der Waals surface area contributed by atoms with Crippen molar-refractivity contribution in [2.24, 2.45) is 0 Å². The summed E-state index contributed by atoms with van der Waals surface area (Å²) in [4.78, 5) is 32.6. The van der Waals surface area contributed by atoms with Crippen molar-refractivity contribution in [3.8, 4) is 5.75 Å². The Morgan fingerprint density at radius 3 is 2.34 bits per heavy atom. The van der Waals surface area contributed by atoms with E-state index in [4.69, 9.17) is 4.74 Å². The van der Waals surface area contributed by atoms with E-state index >= 15 is 0 Å². The van der Waals surface area contributed by atoms with Crippen LogP contribution in [-0.2, 0) is 0 Å². The van der Waals surface area contributed by atoms with Crippen LogP contribution in [0.4, 0.5) is 17.2 Å². The first-order valence-electron chi connectivity index (χ1n) is 9.05. The molecule has 1 aromatic heterocycles. The lowest BCUT2D eigenvalue weighted by Crippen LogP contribution is -2.15. The zero-order valence-electron chi connectivity index (χ0n) is 16.7. The molecule has 3 rings (SSSR count). The van der Waals surface area contributed by atoms with Crippen molar-refractivity contribution in [1.29, 1.82) is 0 Å². The molecule has 0 saturated heterocycles. The Morgan fingerprint density at radius 2 is 1.69 bits per heavy atom. The summed E-state index contributed by atoms with van der Waals surface area (Å²) in [7, 11) is 1.59. The molecular weight excluding hydrogens is 368 g/mol. The van der Waals surface area contributed by atoms with E-state index in [1.165, 1.54) is 6.92 Å². The molecule has 7 heteroatoms. The van der Waals surface area contributed by atoms with E-state index in [9.17, 15) is 9.59 Å². The molecule has 0 aliphatic rings. The van der Waals surface area contributed by atoms with Gasteiger partial charge in [0.25, 0.3) is 5.91 Å². The van der Waals surface area contributed by atoms with Gasteiger partial charge in [-0.3, -0.25) is 9.59 Å². The van der Waals surface area contributed by atoms with Gasteiger partial charge >= 0.3 is 0 Å². The van der Waals surface area contributed by atoms with E-state index in [1.807, 2.05) is 25.1 Å². The molecule has 29 heavy (non-hydrogen) atoms. The number of amides is 1. The Hall–Kier alpha value is -3.74. The summed E-state index contributed by atoms with van der Waals surface area (Å²) in [5.41, 5.74) is 3.19. The summed E-state index contributed by atoms with van der Waals surface area (Å²) in [6.45, 7) is 5.19. The van der Waals surface area contributed by atoms with Crippen molar-refractivity contribution < 1.29 is 14.3 Å². The Balaban J connectivity index is 1.82. The highest BCUT2D eigenvalue weighted by Gasteiger charge is 2.13. The minimum Gasteiger partial charge on any atom is -0.495 e. The van der Waals surface area contributed by atoms with Crippen LogP contribution in [0.3, 0.4) is 0 Å². The van der Waals surface area contributed by atoms with Gasteiger partial charge in [0.15, 0.2) is 5.78 Å². The van der Waals surface area contributed by atoms with Crippen molar-refractivity contribution in [2.45, 2.75) is 20.8 Å². The number of nitrogens with one attached hydrogen (secondary N) is 2. The van der Waals surface area contributed by atoms with Crippen LogP contribution in [-0.4, -0.2) is 28.8 Å². The summed E-state index contributed by atoms with van der Waals surface area (Å²) in [6.07, 6.45) is 0. The molecule has 0 fully saturated rings. The minimum absolute atomic E-state index is 0.0309. The average molecular weight is 390 g/mol. The molecule has 1 heterocycles. The number of ketones is 1. The van der Waals surface area contributed by atoms with Crippen molar-refractivity contribution in [2.75, 3.05) is 17.7 Å². The van der Waals surface area contributed by atoms with Gasteiger partial charge in [0.05, 0.1) is 12.8 Å². The van der Waals surface area contributed by atoms with E-state index in [2.05, 4.69) is 20.6 Å². The van der Waals surface area contributed by atoms with Crippen LogP contribution < -0.4 is 15.4 Å². The number of nitrogens with zero attached hydrogens (tertiary/aromatic N) is 2. The number of hydrogen-bond donors (Lipinski definition) is 2. The van der Waals surface area contributed by atoms with Crippen molar-refractivity contribution in [3.63, 3.8) is 0 Å². The Labute approximate surface area is 169 Å². The predicted molar refractivity (Wildman–Crippen MR) is 112 cm³/mol. The van der Waals surface area contributed by atoms with Crippen LogP contribution in [0, 0.1) is 13.8 Å². The van der Waals surface area contributed by atoms with Crippen LogP contribution in [0.2, 0.25) is 0 Å². The quantitative estimate of drug-likeness (QED) is 0.610. The third-order valence-electron chi connectivity index (χ3n) is 4.24. The zero-order chi connectivity index (χ0) is 21.0. The number of anilines is 3. The molecule has 0 unspecified atom stereocenters. The normalized spacial score (nSPS) is 10.3. The fourth-order valence-corrected chi connectivity index (χ4v) is 2.79. The van der Waals surface area contributed by atoms with Crippen LogP contribution in [0.15, 0.2) is 48.5 Å². The number of carbonyl (C=O) groups is 2. The number of hydrogen-bond acceptors (Lipinski definition) is 6. The van der Waals surface area contributed by atoms with E-state index in [1.54, 1.807) is 44.4 Å². The van der Waals surface area contributed by atoms with Gasteiger partial charge in [-0.2, -0.15) is 0 Å². The smallest absolute Gasteiger partial charge is 0.274 e. The SMILES string of the molecule is COc1ccc(C)cc1Nc1cc(C(=O)Nc2ccc(C(C)=O)cc2)nc(C)n1. The average Bonchev–Trinajstić information content (AvgIpc) is 2.68. The maximum Gasteiger partial charge on any atom is 0.274 e. The first-order chi connectivity index (χ1) is 13.9. The molecule has 0 aliphatic heterocycles. The van der Waals surface area contributed by atoms with Gasteiger partial charge in [-0.05, 0) is 62.7 Å². The maximum atomic E-state index is 12.6. The van der Waals surface area contributed by atoms with Gasteiger partial charge < -0.3 is 15.4 Å². The van der Waals surface area contributed by atoms with Gasteiger partial charge in [-0.25, -0.2) is 9.97 Å². The second-order valence-electron chi connectivity index (χ2n) is 6.60. The number of Topliss-reactive ketones (excluding diaryl/α,β-unsaturated/α-hetero) is 1. The fourth-order valence-electron chi connectivity index (χ4n) is 2.79. The molecule has 1 amide bonds. The summed E-state index contributed by atoms with van der Waals surface area (Å²) >= 11 is 0. The lowest BCUT2D eigenvalue weighted by atomic mass is 10.1. The summed E-state index contributed by atoms with van der Waals surface area (Å²) in [5, 5.41) is 5.97. The minimum atomic E-state index is -0.370. The maximum absolute atomic E-state index is 12.6. The number of ether oxygens (including phenoxy) is 1. The molecule has 2 N–H and O–H groups in total. The topological polar surface area (TPSA) is 93.2 Å². The Kier molecular flexibility index (Phi) is 5.87. The highest BCUT2D eigenvalue weighted by molar-refractivity contribution is 6.03. The first kappa shape index (κ1) is 20.0. The van der Waals surface area contributed by atoms with Gasteiger partial charge in [-0.1, -0.05) is 6.07 Å². The first-order valence-corrected chi connectivity index (χ1v) is 9.05. The molecule has 0 atom stereocenters. The van der Waals surface area contributed by atoms with Crippen molar-refractivity contribution >= 4 is 28.9 Å². The number of carbonyl (C=O) groups excluding carboxylic acids is 2. The molecule has 148 valence electrons. The second kappa shape index (κ2) is 8.52. The molecule has 0 saturated carbocycles. The van der Waals surface area contributed by atoms with Gasteiger partial charge in [0.1, 0.15) is 23.1 Å². The van der Waals surface area contributed by atoms with Gasteiger partial charge in [0, 0.05) is 17.3 Å². The highest BCUT2D eigenvalue weighted by atomic mass is 16.5. The van der Waals surface area contributed by atoms with Crippen molar-refractivity contribution in [1.82, 2.24) is 9.97 Å². The van der Waals surface area contributed by atoms with Crippen LogP contribution in [0.1, 0.15) is 39.2 Å². The van der Waals surface area contributed by atoms with E-state index in [-0.39, 0.29) is 17.4 Å². The largest absolute Gasteiger partial charge is 0.495 e. The lowest BCUT2D eigenvalue weighted by Gasteiger charge is -2.13. The van der Waals surface area contributed by atoms with Crippen LogP contribution >= 0.6 is 0 Å². The summed E-state index contributed by atoms with van der Waals surface area (Å²) in [5.74, 6) is 1.21. The molecule has 2 aromatic carbocycles. The standard InChI is InChI=1S/C22H22N4O3/c1-13-5-10-20(29-4)18(11-13)26-21-12-19(23-15(3)24-21)22(28)25-17-8-6-16(7-9-17)14(2)27/h5-12H,1-4H3,(H,25,28)(H,23,24,26). The zero-order valence-corrected chi connectivity index (χ0v) is 16.7. The molecule has 0 aliphatic carbocycles. The number of aryl methyl sites for hydroxylation is 2. The van der Waals surface area contributed by atoms with Gasteiger partial charge in [0.2, 0.25) is 0 Å². The highest BCUT2D eigenvalue weighted by Crippen LogP contribution is 2.28. The summed E-state index contributed by atoms with van der Waals surface area (Å²) in [6, 6.07) is 14.0. The van der Waals surface area contributed by atoms with Crippen LogP contribution in [0.25, 0.3) is 0 Å². The van der Waals surface area contributed by atoms with Crippen LogP contribution in [0.5, 0.6) is 5.75 Å². The molecule has 3 aromatic rings. The third-order valence-corrected chi connectivity index (χ3v) is 4.24. The number of methoxy groups -OCH3 is 1. The Morgan fingerprint density at radius 1 is 0.966 bits per heavy atom. The predicted octanol–water partition coefficient (Wildman–Crippen LogP) is 4.30. The fraction of sp³-hybridized carbons (Fsp3) is 0.182. The number of aromatic nitrogens is 2. The van der Waals surface area contributed by atoms with E-state index in [0.717, 1.165) is 11.3 Å². The Bertz CT molecular complexity index is 1060. The summed E-state index contributed by atoms with van der Waals surface area (Å²) < 4.78 is 5.38. The second-order valence-corrected chi connectivity index (χ2v) is 6.60. The van der Waals surface area contributed by atoms with Crippen molar-refractivity contribution in [3.05, 3.63) is 71.2 Å².